The van der Waals surface area contributed by atoms with Crippen LogP contribution in [0.3, 0.4) is 0 Å². The van der Waals surface area contributed by atoms with Gasteiger partial charge in [0, 0.05) is 17.3 Å². The van der Waals surface area contributed by atoms with Gasteiger partial charge in [0.2, 0.25) is 10.0 Å². The lowest BCUT2D eigenvalue weighted by atomic mass is 10.2. The average molecular weight is 371 g/mol. The lowest BCUT2D eigenvalue weighted by molar-refractivity contribution is -0.114. The Hall–Kier alpha value is -1.89. The molecule has 0 fully saturated rings. The summed E-state index contributed by atoms with van der Waals surface area (Å²) in [6.07, 6.45) is 3.97. The summed E-state index contributed by atoms with van der Waals surface area (Å²) in [5, 5.41) is 0.840. The molecule has 1 heterocycles. The highest BCUT2D eigenvalue weighted by molar-refractivity contribution is 7.89. The van der Waals surface area contributed by atoms with Gasteiger partial charge in [-0.05, 0) is 35.4 Å². The van der Waals surface area contributed by atoms with Crippen molar-refractivity contribution in [3.8, 4) is 0 Å². The van der Waals surface area contributed by atoms with E-state index in [4.69, 9.17) is 23.2 Å². The van der Waals surface area contributed by atoms with Gasteiger partial charge in [0.1, 0.15) is 5.15 Å². The van der Waals surface area contributed by atoms with Gasteiger partial charge < -0.3 is 0 Å². The summed E-state index contributed by atoms with van der Waals surface area (Å²) in [4.78, 5) is 15.5. The average Bonchev–Trinajstić information content (AvgIpc) is 2.48. The van der Waals surface area contributed by atoms with Crippen LogP contribution in [0.2, 0.25) is 10.2 Å². The zero-order valence-corrected chi connectivity index (χ0v) is 14.1. The van der Waals surface area contributed by atoms with Crippen LogP contribution in [0.5, 0.6) is 0 Å². The van der Waals surface area contributed by atoms with Gasteiger partial charge in [-0.15, -0.1) is 0 Å². The predicted molar refractivity (Wildman–Crippen MR) is 90.5 cm³/mol. The molecular formula is C15H12Cl2N2O3S. The van der Waals surface area contributed by atoms with Crippen LogP contribution in [-0.4, -0.2) is 19.3 Å². The number of nitrogens with one attached hydrogen (secondary N) is 1. The minimum absolute atomic E-state index is 0.265. The maximum atomic E-state index is 11.9. The fourth-order valence-corrected chi connectivity index (χ4v) is 2.97. The molecule has 0 saturated heterocycles. The van der Waals surface area contributed by atoms with Crippen molar-refractivity contribution < 1.29 is 13.2 Å². The van der Waals surface area contributed by atoms with Crippen molar-refractivity contribution in [3.63, 3.8) is 0 Å². The van der Waals surface area contributed by atoms with Crippen molar-refractivity contribution in [2.45, 2.75) is 5.75 Å². The SMILES string of the molecule is O=C(C=Cc1ccc(Cl)cc1)NS(=O)(=O)Cc1ccc(Cl)nc1. The summed E-state index contributed by atoms with van der Waals surface area (Å²) in [5.41, 5.74) is 1.15. The monoisotopic (exact) mass is 370 g/mol. The van der Waals surface area contributed by atoms with Crippen LogP contribution in [-0.2, 0) is 20.6 Å². The van der Waals surface area contributed by atoms with E-state index in [0.29, 0.717) is 10.6 Å². The molecule has 23 heavy (non-hydrogen) atoms. The molecule has 1 aromatic carbocycles. The van der Waals surface area contributed by atoms with Crippen molar-refractivity contribution in [2.24, 2.45) is 0 Å². The van der Waals surface area contributed by atoms with Crippen LogP contribution in [0, 0.1) is 0 Å². The van der Waals surface area contributed by atoms with Crippen molar-refractivity contribution in [1.82, 2.24) is 9.71 Å². The second-order valence-electron chi connectivity index (χ2n) is 4.60. The Balaban J connectivity index is 1.97. The molecule has 0 aliphatic heterocycles. The maximum absolute atomic E-state index is 11.9. The number of carbonyl (C=O) groups excluding carboxylic acids is 1. The van der Waals surface area contributed by atoms with Crippen molar-refractivity contribution >= 4 is 45.2 Å². The van der Waals surface area contributed by atoms with Crippen LogP contribution < -0.4 is 4.72 Å². The van der Waals surface area contributed by atoms with Crippen molar-refractivity contribution in [1.29, 1.82) is 0 Å². The third-order valence-corrected chi connectivity index (χ3v) is 4.40. The number of benzene rings is 1. The molecule has 8 heteroatoms. The van der Waals surface area contributed by atoms with Gasteiger partial charge in [-0.25, -0.2) is 18.1 Å². The Kier molecular flexibility index (Phi) is 5.76. The highest BCUT2D eigenvalue weighted by atomic mass is 35.5. The minimum Gasteiger partial charge on any atom is -0.269 e. The first-order chi connectivity index (χ1) is 10.8. The topological polar surface area (TPSA) is 76.1 Å². The number of carbonyl (C=O) groups is 1. The molecule has 0 atom stereocenters. The minimum atomic E-state index is -3.81. The molecule has 1 aromatic heterocycles. The molecule has 0 aliphatic rings. The smallest absolute Gasteiger partial charge is 0.257 e. The summed E-state index contributed by atoms with van der Waals surface area (Å²) < 4.78 is 25.8. The second-order valence-corrected chi connectivity index (χ2v) is 7.15. The van der Waals surface area contributed by atoms with E-state index in [0.717, 1.165) is 11.6 Å². The maximum Gasteiger partial charge on any atom is 0.257 e. The van der Waals surface area contributed by atoms with Gasteiger partial charge in [0.15, 0.2) is 0 Å². The largest absolute Gasteiger partial charge is 0.269 e. The molecular weight excluding hydrogens is 359 g/mol. The molecule has 0 aliphatic carbocycles. The summed E-state index contributed by atoms with van der Waals surface area (Å²) in [7, 11) is -3.81. The van der Waals surface area contributed by atoms with Crippen LogP contribution in [0.25, 0.3) is 6.08 Å². The number of hydrogen-bond donors (Lipinski definition) is 1. The third-order valence-electron chi connectivity index (χ3n) is 2.70. The molecule has 0 unspecified atom stereocenters. The molecule has 2 rings (SSSR count). The van der Waals surface area contributed by atoms with E-state index in [1.54, 1.807) is 24.3 Å². The van der Waals surface area contributed by atoms with Gasteiger partial charge in [-0.1, -0.05) is 41.4 Å². The van der Waals surface area contributed by atoms with Crippen molar-refractivity contribution in [2.75, 3.05) is 0 Å². The molecule has 0 saturated carbocycles. The van der Waals surface area contributed by atoms with Gasteiger partial charge in [-0.3, -0.25) is 4.79 Å². The first-order valence-electron chi connectivity index (χ1n) is 6.42. The van der Waals surface area contributed by atoms with Gasteiger partial charge in [0.05, 0.1) is 5.75 Å². The zero-order chi connectivity index (χ0) is 16.9. The van der Waals surface area contributed by atoms with Crippen LogP contribution in [0.4, 0.5) is 0 Å². The van der Waals surface area contributed by atoms with E-state index in [-0.39, 0.29) is 10.9 Å². The van der Waals surface area contributed by atoms with Gasteiger partial charge >= 0.3 is 0 Å². The normalized spacial score (nSPS) is 11.6. The molecule has 5 nitrogen and oxygen atoms in total. The fraction of sp³-hybridized carbons (Fsp3) is 0.0667. The molecule has 0 spiro atoms. The number of rotatable bonds is 5. The molecule has 0 radical (unpaired) electrons. The number of hydrogen-bond acceptors (Lipinski definition) is 4. The molecule has 120 valence electrons. The predicted octanol–water partition coefficient (Wildman–Crippen LogP) is 3.05. The summed E-state index contributed by atoms with van der Waals surface area (Å²) >= 11 is 11.4. The van der Waals surface area contributed by atoms with Crippen LogP contribution >= 0.6 is 23.2 Å². The Labute approximate surface area is 144 Å². The highest BCUT2D eigenvalue weighted by Crippen LogP contribution is 2.11. The zero-order valence-electron chi connectivity index (χ0n) is 11.7. The van der Waals surface area contributed by atoms with E-state index in [1.165, 1.54) is 24.4 Å². The molecule has 2 aromatic rings. The quantitative estimate of drug-likeness (QED) is 0.648. The molecule has 1 N–H and O–H groups in total. The van der Waals surface area contributed by atoms with Gasteiger partial charge in [-0.2, -0.15) is 0 Å². The highest BCUT2D eigenvalue weighted by Gasteiger charge is 2.14. The standard InChI is InChI=1S/C15H12Cl2N2O3S/c16-13-5-1-11(2-6-13)4-8-15(20)19-23(21,22)10-12-3-7-14(17)18-9-12/h1-9H,10H2,(H,19,20). The first-order valence-corrected chi connectivity index (χ1v) is 8.83. The van der Waals surface area contributed by atoms with E-state index < -0.39 is 15.9 Å². The lowest BCUT2D eigenvalue weighted by Gasteiger charge is -2.04. The van der Waals surface area contributed by atoms with Gasteiger partial charge in [0.25, 0.3) is 5.91 Å². The third kappa shape index (κ3) is 6.02. The Morgan fingerprint density at radius 1 is 1.13 bits per heavy atom. The first kappa shape index (κ1) is 17.5. The number of halogens is 2. The second kappa shape index (κ2) is 7.59. The molecule has 1 amide bonds. The summed E-state index contributed by atoms with van der Waals surface area (Å²) in [6.45, 7) is 0. The van der Waals surface area contributed by atoms with E-state index in [9.17, 15) is 13.2 Å². The lowest BCUT2D eigenvalue weighted by Crippen LogP contribution is -2.30. The van der Waals surface area contributed by atoms with E-state index in [2.05, 4.69) is 4.98 Å². The Bertz CT molecular complexity index is 817. The van der Waals surface area contributed by atoms with E-state index >= 15 is 0 Å². The number of pyridine rings is 1. The number of amides is 1. The Morgan fingerprint density at radius 3 is 2.43 bits per heavy atom. The number of nitrogens with zero attached hydrogens (tertiary/aromatic N) is 1. The number of aromatic nitrogens is 1. The van der Waals surface area contributed by atoms with Crippen LogP contribution in [0.1, 0.15) is 11.1 Å². The summed E-state index contributed by atoms with van der Waals surface area (Å²) in [6, 6.07) is 9.77. The fourth-order valence-electron chi connectivity index (χ4n) is 1.68. The Morgan fingerprint density at radius 2 is 1.83 bits per heavy atom. The molecule has 0 bridgehead atoms. The number of sulfonamides is 1. The summed E-state index contributed by atoms with van der Waals surface area (Å²) in [5.74, 6) is -1.10. The van der Waals surface area contributed by atoms with Crippen LogP contribution in [0.15, 0.2) is 48.7 Å². The van der Waals surface area contributed by atoms with E-state index in [1.807, 2.05) is 4.72 Å². The van der Waals surface area contributed by atoms with Crippen molar-refractivity contribution in [3.05, 3.63) is 70.0 Å².